The van der Waals surface area contributed by atoms with Gasteiger partial charge in [-0.05, 0) is 32.3 Å². The first-order valence-corrected chi connectivity index (χ1v) is 7.73. The van der Waals surface area contributed by atoms with Gasteiger partial charge in [0.25, 0.3) is 0 Å². The molecular weight excluding hydrogens is 246 g/mol. The fourth-order valence-corrected chi connectivity index (χ4v) is 3.37. The van der Waals surface area contributed by atoms with Crippen LogP contribution >= 0.6 is 0 Å². The van der Waals surface area contributed by atoms with E-state index in [1.54, 1.807) is 0 Å². The minimum absolute atomic E-state index is 0.650. The monoisotopic (exact) mass is 271 g/mol. The SMILES string of the molecule is Cc1ccc(C(C)(O)C2(C#N)CCCCCCC2)cc1. The zero-order chi connectivity index (χ0) is 14.6. The lowest BCUT2D eigenvalue weighted by atomic mass is 9.64. The second-order valence-electron chi connectivity index (χ2n) is 6.40. The number of aliphatic hydroxyl groups is 1. The standard InChI is InChI=1S/C18H25NO/c1-15-8-10-16(11-9-15)17(2,20)18(14-19)12-6-4-3-5-7-13-18/h8-11,20H,3-7,12-13H2,1-2H3. The van der Waals surface area contributed by atoms with E-state index in [0.717, 1.165) is 31.2 Å². The maximum Gasteiger partial charge on any atom is 0.105 e. The summed E-state index contributed by atoms with van der Waals surface area (Å²) in [4.78, 5) is 0. The van der Waals surface area contributed by atoms with Crippen LogP contribution in [-0.2, 0) is 5.60 Å². The summed E-state index contributed by atoms with van der Waals surface area (Å²) in [5.41, 5.74) is 0.314. The average Bonchev–Trinajstić information content (AvgIpc) is 2.39. The third kappa shape index (κ3) is 2.74. The molecule has 108 valence electrons. The Morgan fingerprint density at radius 2 is 1.55 bits per heavy atom. The van der Waals surface area contributed by atoms with Crippen LogP contribution in [0.4, 0.5) is 0 Å². The lowest BCUT2D eigenvalue weighted by molar-refractivity contribution is -0.0582. The van der Waals surface area contributed by atoms with Crippen molar-refractivity contribution in [2.24, 2.45) is 5.41 Å². The smallest absolute Gasteiger partial charge is 0.105 e. The molecule has 0 radical (unpaired) electrons. The van der Waals surface area contributed by atoms with Crippen molar-refractivity contribution >= 4 is 0 Å². The Labute approximate surface area is 122 Å². The highest BCUT2D eigenvalue weighted by Gasteiger charge is 2.48. The molecule has 1 aromatic carbocycles. The maximum atomic E-state index is 11.1. The van der Waals surface area contributed by atoms with E-state index in [1.807, 2.05) is 38.1 Å². The van der Waals surface area contributed by atoms with Gasteiger partial charge in [0, 0.05) is 0 Å². The van der Waals surface area contributed by atoms with Crippen molar-refractivity contribution in [2.45, 2.75) is 64.4 Å². The van der Waals surface area contributed by atoms with Crippen molar-refractivity contribution in [3.8, 4) is 6.07 Å². The van der Waals surface area contributed by atoms with Crippen LogP contribution in [0, 0.1) is 23.7 Å². The van der Waals surface area contributed by atoms with Gasteiger partial charge in [0.2, 0.25) is 0 Å². The van der Waals surface area contributed by atoms with E-state index < -0.39 is 11.0 Å². The zero-order valence-electron chi connectivity index (χ0n) is 12.7. The third-order valence-electron chi connectivity index (χ3n) is 4.97. The minimum atomic E-state index is -1.08. The molecule has 2 nitrogen and oxygen atoms in total. The number of rotatable bonds is 2. The van der Waals surface area contributed by atoms with Crippen molar-refractivity contribution in [1.82, 2.24) is 0 Å². The maximum absolute atomic E-state index is 11.1. The number of hydrogen-bond acceptors (Lipinski definition) is 2. The molecule has 20 heavy (non-hydrogen) atoms. The minimum Gasteiger partial charge on any atom is -0.384 e. The lowest BCUT2D eigenvalue weighted by Crippen LogP contribution is -2.43. The topological polar surface area (TPSA) is 44.0 Å². The summed E-state index contributed by atoms with van der Waals surface area (Å²) in [7, 11) is 0. The lowest BCUT2D eigenvalue weighted by Gasteiger charge is -2.42. The zero-order valence-corrected chi connectivity index (χ0v) is 12.7. The summed E-state index contributed by atoms with van der Waals surface area (Å²) in [6, 6.07) is 10.4. The highest BCUT2D eigenvalue weighted by molar-refractivity contribution is 5.30. The molecule has 1 aromatic rings. The normalized spacial score (nSPS) is 22.1. The van der Waals surface area contributed by atoms with Gasteiger partial charge in [0.1, 0.15) is 5.60 Å². The molecule has 2 rings (SSSR count). The summed E-state index contributed by atoms with van der Waals surface area (Å²) in [6.07, 6.45) is 7.27. The Kier molecular flexibility index (Phi) is 4.50. The van der Waals surface area contributed by atoms with Crippen molar-refractivity contribution in [1.29, 1.82) is 5.26 Å². The van der Waals surface area contributed by atoms with E-state index >= 15 is 0 Å². The van der Waals surface area contributed by atoms with E-state index in [2.05, 4.69) is 6.07 Å². The molecule has 0 bridgehead atoms. The van der Waals surface area contributed by atoms with Gasteiger partial charge in [-0.2, -0.15) is 5.26 Å². The number of nitriles is 1. The molecule has 2 heteroatoms. The van der Waals surface area contributed by atoms with E-state index in [1.165, 1.54) is 24.8 Å². The second-order valence-corrected chi connectivity index (χ2v) is 6.40. The second kappa shape index (κ2) is 5.97. The Morgan fingerprint density at radius 1 is 1.05 bits per heavy atom. The quantitative estimate of drug-likeness (QED) is 0.863. The molecule has 1 N–H and O–H groups in total. The molecule has 1 aliphatic rings. The first-order valence-electron chi connectivity index (χ1n) is 7.73. The van der Waals surface area contributed by atoms with Gasteiger partial charge in [-0.25, -0.2) is 0 Å². The molecule has 1 fully saturated rings. The van der Waals surface area contributed by atoms with Crippen LogP contribution < -0.4 is 0 Å². The van der Waals surface area contributed by atoms with E-state index in [4.69, 9.17) is 0 Å². The fraction of sp³-hybridized carbons (Fsp3) is 0.611. The van der Waals surface area contributed by atoms with Crippen LogP contribution in [0.15, 0.2) is 24.3 Å². The summed E-state index contributed by atoms with van der Waals surface area (Å²) < 4.78 is 0. The van der Waals surface area contributed by atoms with Crippen molar-refractivity contribution in [3.05, 3.63) is 35.4 Å². The molecule has 1 atom stereocenters. The number of aryl methyl sites for hydroxylation is 1. The van der Waals surface area contributed by atoms with Crippen molar-refractivity contribution in [3.63, 3.8) is 0 Å². The average molecular weight is 271 g/mol. The van der Waals surface area contributed by atoms with Crippen LogP contribution in [0.25, 0.3) is 0 Å². The van der Waals surface area contributed by atoms with Gasteiger partial charge in [-0.3, -0.25) is 0 Å². The van der Waals surface area contributed by atoms with Crippen molar-refractivity contribution in [2.75, 3.05) is 0 Å². The number of nitrogens with zero attached hydrogens (tertiary/aromatic N) is 1. The Bertz CT molecular complexity index is 473. The van der Waals surface area contributed by atoms with E-state index in [9.17, 15) is 10.4 Å². The number of hydrogen-bond donors (Lipinski definition) is 1. The molecular formula is C18H25NO. The van der Waals surface area contributed by atoms with E-state index in [0.29, 0.717) is 0 Å². The Hall–Kier alpha value is -1.33. The van der Waals surface area contributed by atoms with Crippen molar-refractivity contribution < 1.29 is 5.11 Å². The Morgan fingerprint density at radius 3 is 2.05 bits per heavy atom. The summed E-state index contributed by atoms with van der Waals surface area (Å²) >= 11 is 0. The van der Waals surface area contributed by atoms with Crippen LogP contribution in [-0.4, -0.2) is 5.11 Å². The van der Waals surface area contributed by atoms with Gasteiger partial charge in [-0.15, -0.1) is 0 Å². The first kappa shape index (κ1) is 15.1. The van der Waals surface area contributed by atoms with Gasteiger partial charge in [-0.1, -0.05) is 61.9 Å². The molecule has 0 spiro atoms. The molecule has 0 aromatic heterocycles. The van der Waals surface area contributed by atoms with Gasteiger partial charge in [0.15, 0.2) is 0 Å². The van der Waals surface area contributed by atoms with E-state index in [-0.39, 0.29) is 0 Å². The predicted octanol–water partition coefficient (Wildman–Crippen LogP) is 4.46. The predicted molar refractivity (Wildman–Crippen MR) is 81.1 cm³/mol. The molecule has 0 saturated heterocycles. The summed E-state index contributed by atoms with van der Waals surface area (Å²) in [6.45, 7) is 3.86. The fourth-order valence-electron chi connectivity index (χ4n) is 3.37. The highest BCUT2D eigenvalue weighted by atomic mass is 16.3. The first-order chi connectivity index (χ1) is 9.52. The number of benzene rings is 1. The van der Waals surface area contributed by atoms with Crippen LogP contribution in [0.3, 0.4) is 0 Å². The molecule has 1 aliphatic carbocycles. The highest BCUT2D eigenvalue weighted by Crippen LogP contribution is 2.48. The molecule has 0 heterocycles. The molecule has 1 saturated carbocycles. The molecule has 0 aliphatic heterocycles. The van der Waals surface area contributed by atoms with Crippen LogP contribution in [0.5, 0.6) is 0 Å². The van der Waals surface area contributed by atoms with Crippen LogP contribution in [0.1, 0.15) is 63.0 Å². The Balaban J connectivity index is 2.36. The molecule has 0 amide bonds. The van der Waals surface area contributed by atoms with Gasteiger partial charge in [0.05, 0.1) is 11.5 Å². The van der Waals surface area contributed by atoms with Gasteiger partial charge >= 0.3 is 0 Å². The third-order valence-corrected chi connectivity index (χ3v) is 4.97. The summed E-state index contributed by atoms with van der Waals surface area (Å²) in [5, 5.41) is 20.9. The largest absolute Gasteiger partial charge is 0.384 e. The van der Waals surface area contributed by atoms with Crippen LogP contribution in [0.2, 0.25) is 0 Å². The molecule has 1 unspecified atom stereocenters. The van der Waals surface area contributed by atoms with Gasteiger partial charge < -0.3 is 5.11 Å². The summed E-state index contributed by atoms with van der Waals surface area (Å²) in [5.74, 6) is 0.